The molecule has 4 nitrogen and oxygen atoms in total. The van der Waals surface area contributed by atoms with E-state index >= 15 is 0 Å². The fourth-order valence-electron chi connectivity index (χ4n) is 1.60. The molecule has 0 spiro atoms. The molecule has 0 aliphatic rings. The molecule has 0 amide bonds. The molecule has 0 heterocycles. The summed E-state index contributed by atoms with van der Waals surface area (Å²) in [6, 6.07) is 6.55. The molecule has 1 rings (SSSR count). The molecule has 1 aromatic rings. The molecule has 0 radical (unpaired) electrons. The van der Waals surface area contributed by atoms with Crippen LogP contribution in [0.15, 0.2) is 24.3 Å². The van der Waals surface area contributed by atoms with Crippen LogP contribution in [0, 0.1) is 0 Å². The molecule has 0 aliphatic carbocycles. The maximum absolute atomic E-state index is 11.9. The van der Waals surface area contributed by atoms with E-state index in [1.54, 1.807) is 24.3 Å². The highest BCUT2D eigenvalue weighted by Crippen LogP contribution is 2.22. The summed E-state index contributed by atoms with van der Waals surface area (Å²) in [7, 11) is -3.58. The molecule has 20 heavy (non-hydrogen) atoms. The van der Waals surface area contributed by atoms with Gasteiger partial charge in [-0.25, -0.2) is 13.1 Å². The van der Waals surface area contributed by atoms with E-state index in [9.17, 15) is 21.6 Å². The predicted molar refractivity (Wildman–Crippen MR) is 71.4 cm³/mol. The van der Waals surface area contributed by atoms with Crippen LogP contribution in [0.1, 0.15) is 24.8 Å². The van der Waals surface area contributed by atoms with E-state index in [4.69, 9.17) is 5.73 Å². The minimum atomic E-state index is -4.20. The lowest BCUT2D eigenvalue weighted by Gasteiger charge is -2.09. The summed E-state index contributed by atoms with van der Waals surface area (Å²) in [6.07, 6.45) is -5.06. The summed E-state index contributed by atoms with van der Waals surface area (Å²) < 4.78 is 61.4. The number of alkyl halides is 3. The Kier molecular flexibility index (Phi) is 5.82. The van der Waals surface area contributed by atoms with Gasteiger partial charge in [-0.15, -0.1) is 0 Å². The molecule has 8 heteroatoms. The van der Waals surface area contributed by atoms with Crippen LogP contribution in [0.4, 0.5) is 18.9 Å². The van der Waals surface area contributed by atoms with E-state index < -0.39 is 22.6 Å². The molecule has 0 aliphatic heterocycles. The lowest BCUT2D eigenvalue weighted by molar-refractivity contribution is -0.135. The average Bonchev–Trinajstić information content (AvgIpc) is 2.30. The maximum Gasteiger partial charge on any atom is 0.389 e. The third kappa shape index (κ3) is 6.76. The van der Waals surface area contributed by atoms with Crippen molar-refractivity contribution in [3.8, 4) is 0 Å². The lowest BCUT2D eigenvalue weighted by atomic mass is 10.2. The Morgan fingerprint density at radius 2 is 1.80 bits per heavy atom. The topological polar surface area (TPSA) is 72.2 Å². The van der Waals surface area contributed by atoms with Crippen LogP contribution in [0.2, 0.25) is 0 Å². The van der Waals surface area contributed by atoms with Crippen molar-refractivity contribution in [2.24, 2.45) is 0 Å². The van der Waals surface area contributed by atoms with Crippen LogP contribution in [0.25, 0.3) is 0 Å². The second-order valence-corrected chi connectivity index (χ2v) is 6.23. The van der Waals surface area contributed by atoms with Crippen molar-refractivity contribution in [2.75, 3.05) is 12.3 Å². The van der Waals surface area contributed by atoms with E-state index in [1.807, 2.05) is 0 Å². The van der Waals surface area contributed by atoms with Crippen molar-refractivity contribution in [3.05, 3.63) is 29.8 Å². The highest BCUT2D eigenvalue weighted by atomic mass is 32.2. The normalized spacial score (nSPS) is 12.6. The Morgan fingerprint density at radius 3 is 2.40 bits per heavy atom. The van der Waals surface area contributed by atoms with Gasteiger partial charge in [0.05, 0.1) is 5.75 Å². The SMILES string of the molecule is Nc1ccccc1CS(=O)(=O)NCCCCC(F)(F)F. The summed E-state index contributed by atoms with van der Waals surface area (Å²) in [5, 5.41) is 0. The molecule has 0 saturated heterocycles. The molecule has 0 unspecified atom stereocenters. The Morgan fingerprint density at radius 1 is 1.15 bits per heavy atom. The van der Waals surface area contributed by atoms with Crippen molar-refractivity contribution < 1.29 is 21.6 Å². The van der Waals surface area contributed by atoms with E-state index in [0.29, 0.717) is 11.3 Å². The number of anilines is 1. The number of nitrogens with one attached hydrogen (secondary N) is 1. The highest BCUT2D eigenvalue weighted by Gasteiger charge is 2.25. The molecule has 1 aromatic carbocycles. The molecule has 0 aromatic heterocycles. The molecular formula is C12H17F3N2O2S. The summed E-state index contributed by atoms with van der Waals surface area (Å²) in [5.41, 5.74) is 6.47. The first-order valence-electron chi connectivity index (χ1n) is 6.07. The van der Waals surface area contributed by atoms with Crippen LogP contribution in [-0.2, 0) is 15.8 Å². The molecular weight excluding hydrogens is 293 g/mol. The summed E-state index contributed by atoms with van der Waals surface area (Å²) in [4.78, 5) is 0. The number of para-hydroxylation sites is 1. The summed E-state index contributed by atoms with van der Waals surface area (Å²) >= 11 is 0. The standard InChI is InChI=1S/C12H17F3N2O2S/c13-12(14,15)7-3-4-8-17-20(18,19)9-10-5-1-2-6-11(10)16/h1-2,5-6,17H,3-4,7-9,16H2. The maximum atomic E-state index is 11.9. The van der Waals surface area contributed by atoms with Gasteiger partial charge in [0.2, 0.25) is 10.0 Å². The molecule has 0 bridgehead atoms. The molecule has 0 fully saturated rings. The number of sulfonamides is 1. The Balaban J connectivity index is 2.38. The number of hydrogen-bond donors (Lipinski definition) is 2. The van der Waals surface area contributed by atoms with Crippen LogP contribution < -0.4 is 10.5 Å². The first-order valence-corrected chi connectivity index (χ1v) is 7.72. The highest BCUT2D eigenvalue weighted by molar-refractivity contribution is 7.88. The zero-order valence-corrected chi connectivity index (χ0v) is 11.6. The van der Waals surface area contributed by atoms with Crippen LogP contribution in [0.3, 0.4) is 0 Å². The van der Waals surface area contributed by atoms with Crippen LogP contribution in [-0.4, -0.2) is 21.1 Å². The second-order valence-electron chi connectivity index (χ2n) is 4.42. The number of unbranched alkanes of at least 4 members (excludes halogenated alkanes) is 1. The lowest BCUT2D eigenvalue weighted by Crippen LogP contribution is -2.26. The van der Waals surface area contributed by atoms with E-state index in [-0.39, 0.29) is 25.1 Å². The number of rotatable bonds is 7. The summed E-state index contributed by atoms with van der Waals surface area (Å²) in [6.45, 7) is -0.00878. The van der Waals surface area contributed by atoms with Gasteiger partial charge in [0.15, 0.2) is 0 Å². The van der Waals surface area contributed by atoms with E-state index in [2.05, 4.69) is 4.72 Å². The molecule has 114 valence electrons. The van der Waals surface area contributed by atoms with Gasteiger partial charge >= 0.3 is 6.18 Å². The van der Waals surface area contributed by atoms with E-state index in [0.717, 1.165) is 0 Å². The number of benzene rings is 1. The number of hydrogen-bond acceptors (Lipinski definition) is 3. The van der Waals surface area contributed by atoms with Gasteiger partial charge in [-0.1, -0.05) is 18.2 Å². The van der Waals surface area contributed by atoms with Gasteiger partial charge in [0.1, 0.15) is 0 Å². The zero-order valence-electron chi connectivity index (χ0n) is 10.8. The number of nitrogens with two attached hydrogens (primary N) is 1. The van der Waals surface area contributed by atoms with Crippen molar-refractivity contribution in [2.45, 2.75) is 31.2 Å². The smallest absolute Gasteiger partial charge is 0.389 e. The van der Waals surface area contributed by atoms with Crippen LogP contribution in [0.5, 0.6) is 0 Å². The fraction of sp³-hybridized carbons (Fsp3) is 0.500. The number of halogens is 3. The van der Waals surface area contributed by atoms with Gasteiger partial charge in [0.25, 0.3) is 0 Å². The predicted octanol–water partition coefficient (Wildman–Crippen LogP) is 2.42. The average molecular weight is 310 g/mol. The van der Waals surface area contributed by atoms with Crippen molar-refractivity contribution in [1.29, 1.82) is 0 Å². The Bertz CT molecular complexity index is 530. The van der Waals surface area contributed by atoms with Gasteiger partial charge in [-0.3, -0.25) is 0 Å². The van der Waals surface area contributed by atoms with Crippen LogP contribution >= 0.6 is 0 Å². The fourth-order valence-corrected chi connectivity index (χ4v) is 2.83. The summed E-state index contributed by atoms with van der Waals surface area (Å²) in [5.74, 6) is -0.279. The minimum absolute atomic E-state index is 0.00878. The molecule has 3 N–H and O–H groups in total. The Hall–Kier alpha value is -1.28. The van der Waals surface area contributed by atoms with Gasteiger partial charge in [-0.2, -0.15) is 13.2 Å². The van der Waals surface area contributed by atoms with Crippen molar-refractivity contribution in [1.82, 2.24) is 4.72 Å². The first-order chi connectivity index (χ1) is 9.20. The number of nitrogen functional groups attached to an aromatic ring is 1. The van der Waals surface area contributed by atoms with Crippen molar-refractivity contribution >= 4 is 15.7 Å². The third-order valence-corrected chi connectivity index (χ3v) is 3.94. The third-order valence-electron chi connectivity index (χ3n) is 2.61. The zero-order chi connectivity index (χ0) is 15.2. The largest absolute Gasteiger partial charge is 0.398 e. The monoisotopic (exact) mass is 310 g/mol. The van der Waals surface area contributed by atoms with E-state index in [1.165, 1.54) is 0 Å². The Labute approximate surface area is 116 Å². The van der Waals surface area contributed by atoms with Crippen molar-refractivity contribution in [3.63, 3.8) is 0 Å². The molecule has 0 atom stereocenters. The first kappa shape index (κ1) is 16.8. The second kappa shape index (κ2) is 6.94. The quantitative estimate of drug-likeness (QED) is 0.600. The van der Waals surface area contributed by atoms with Gasteiger partial charge in [0, 0.05) is 18.7 Å². The van der Waals surface area contributed by atoms with Gasteiger partial charge in [-0.05, 0) is 24.5 Å². The molecule has 0 saturated carbocycles. The van der Waals surface area contributed by atoms with Gasteiger partial charge < -0.3 is 5.73 Å². The minimum Gasteiger partial charge on any atom is -0.398 e.